The van der Waals surface area contributed by atoms with E-state index in [-0.39, 0.29) is 11.9 Å². The van der Waals surface area contributed by atoms with E-state index in [2.05, 4.69) is 29.9 Å². The number of carbonyl (C=O) groups excluding carboxylic acids is 1. The average molecular weight is 319 g/mol. The van der Waals surface area contributed by atoms with Gasteiger partial charge < -0.3 is 9.88 Å². The maximum absolute atomic E-state index is 12.9. The lowest BCUT2D eigenvalue weighted by molar-refractivity contribution is -0.118. The Morgan fingerprint density at radius 2 is 2.12 bits per heavy atom. The molecular weight excluding hydrogens is 298 g/mol. The number of H-pyrrole nitrogens is 1. The third-order valence-electron chi connectivity index (χ3n) is 4.76. The maximum atomic E-state index is 12.9. The Bertz CT molecular complexity index is 912. The van der Waals surface area contributed by atoms with Crippen LogP contribution in [-0.2, 0) is 24.1 Å². The van der Waals surface area contributed by atoms with Crippen LogP contribution in [0.2, 0.25) is 0 Å². The fourth-order valence-electron chi connectivity index (χ4n) is 3.59. The summed E-state index contributed by atoms with van der Waals surface area (Å²) in [6, 6.07) is 14.5. The predicted octanol–water partition coefficient (Wildman–Crippen LogP) is 3.65. The molecule has 0 saturated carbocycles. The van der Waals surface area contributed by atoms with Gasteiger partial charge in [-0.15, -0.1) is 0 Å². The van der Waals surface area contributed by atoms with Gasteiger partial charge in [-0.1, -0.05) is 31.2 Å². The second-order valence-corrected chi connectivity index (χ2v) is 6.51. The highest BCUT2D eigenvalue weighted by Gasteiger charge is 2.30. The Balaban J connectivity index is 1.60. The molecule has 0 spiro atoms. The van der Waals surface area contributed by atoms with Crippen LogP contribution in [-0.4, -0.2) is 21.9 Å². The van der Waals surface area contributed by atoms with Crippen LogP contribution < -0.4 is 4.90 Å². The summed E-state index contributed by atoms with van der Waals surface area (Å²) < 4.78 is 0. The molecule has 1 unspecified atom stereocenters. The quantitative estimate of drug-likeness (QED) is 0.801. The maximum Gasteiger partial charge on any atom is 0.231 e. The lowest BCUT2D eigenvalue weighted by Gasteiger charge is -2.22. The van der Waals surface area contributed by atoms with Crippen LogP contribution >= 0.6 is 0 Å². The number of carbonyl (C=O) groups is 1. The Hall–Kier alpha value is -2.62. The van der Waals surface area contributed by atoms with Gasteiger partial charge >= 0.3 is 0 Å². The molecule has 4 heteroatoms. The molecule has 4 nitrogen and oxygen atoms in total. The van der Waals surface area contributed by atoms with Crippen molar-refractivity contribution in [1.29, 1.82) is 0 Å². The first-order valence-corrected chi connectivity index (χ1v) is 8.53. The van der Waals surface area contributed by atoms with Crippen molar-refractivity contribution in [3.63, 3.8) is 0 Å². The van der Waals surface area contributed by atoms with Gasteiger partial charge in [0.15, 0.2) is 0 Å². The zero-order chi connectivity index (χ0) is 16.7. The number of fused-ring (bicyclic) bond motifs is 2. The van der Waals surface area contributed by atoms with Gasteiger partial charge in [0.25, 0.3) is 0 Å². The molecule has 1 aliphatic heterocycles. The summed E-state index contributed by atoms with van der Waals surface area (Å²) in [7, 11) is 0. The number of aromatic nitrogens is 2. The summed E-state index contributed by atoms with van der Waals surface area (Å²) in [6.45, 7) is 4.19. The van der Waals surface area contributed by atoms with Gasteiger partial charge in [-0.3, -0.25) is 4.79 Å². The fourth-order valence-corrected chi connectivity index (χ4v) is 3.59. The molecule has 1 aliphatic rings. The van der Waals surface area contributed by atoms with Gasteiger partial charge in [0.05, 0.1) is 17.5 Å². The second kappa shape index (κ2) is 5.78. The van der Waals surface area contributed by atoms with E-state index in [0.29, 0.717) is 6.42 Å². The number of aromatic amines is 1. The van der Waals surface area contributed by atoms with E-state index in [9.17, 15) is 4.79 Å². The van der Waals surface area contributed by atoms with Crippen LogP contribution in [0.4, 0.5) is 5.69 Å². The van der Waals surface area contributed by atoms with Crippen molar-refractivity contribution < 1.29 is 4.79 Å². The van der Waals surface area contributed by atoms with Crippen molar-refractivity contribution in [2.75, 3.05) is 4.90 Å². The van der Waals surface area contributed by atoms with E-state index >= 15 is 0 Å². The summed E-state index contributed by atoms with van der Waals surface area (Å²) >= 11 is 0. The van der Waals surface area contributed by atoms with E-state index in [4.69, 9.17) is 0 Å². The van der Waals surface area contributed by atoms with Gasteiger partial charge in [0.1, 0.15) is 5.82 Å². The fraction of sp³-hybridized carbons (Fsp3) is 0.300. The molecule has 122 valence electrons. The minimum atomic E-state index is 0.155. The largest absolute Gasteiger partial charge is 0.342 e. The van der Waals surface area contributed by atoms with E-state index in [0.717, 1.165) is 41.0 Å². The summed E-state index contributed by atoms with van der Waals surface area (Å²) in [6.07, 6.45) is 2.22. The lowest BCUT2D eigenvalue weighted by Crippen LogP contribution is -2.36. The molecule has 1 aromatic heterocycles. The number of aryl methyl sites for hydroxylation is 1. The molecule has 1 N–H and O–H groups in total. The van der Waals surface area contributed by atoms with E-state index in [1.54, 1.807) is 0 Å². The first kappa shape index (κ1) is 14.9. The standard InChI is InChI=1S/C20H21N3O/c1-3-19-21-16-9-8-14(11-17(16)22-19)12-20(24)23-13(2)10-15-6-4-5-7-18(15)23/h4-9,11,13H,3,10,12H2,1-2H3,(H,21,22). The monoisotopic (exact) mass is 319 g/mol. The molecule has 0 bridgehead atoms. The molecule has 0 aliphatic carbocycles. The Labute approximate surface area is 141 Å². The van der Waals surface area contributed by atoms with Crippen molar-refractivity contribution in [3.05, 3.63) is 59.4 Å². The Morgan fingerprint density at radius 1 is 1.29 bits per heavy atom. The van der Waals surface area contributed by atoms with Crippen LogP contribution in [0.1, 0.15) is 30.8 Å². The second-order valence-electron chi connectivity index (χ2n) is 6.51. The van der Waals surface area contributed by atoms with Crippen LogP contribution in [0.3, 0.4) is 0 Å². The molecule has 3 aromatic rings. The van der Waals surface area contributed by atoms with Gasteiger partial charge in [-0.25, -0.2) is 4.98 Å². The van der Waals surface area contributed by atoms with Crippen molar-refractivity contribution in [1.82, 2.24) is 9.97 Å². The highest BCUT2D eigenvalue weighted by molar-refractivity contribution is 5.97. The third kappa shape index (κ3) is 2.48. The summed E-state index contributed by atoms with van der Waals surface area (Å²) in [4.78, 5) is 22.7. The molecule has 0 saturated heterocycles. The van der Waals surface area contributed by atoms with Crippen LogP contribution in [0, 0.1) is 0 Å². The van der Waals surface area contributed by atoms with E-state index < -0.39 is 0 Å². The first-order chi connectivity index (χ1) is 11.7. The number of imidazole rings is 1. The van der Waals surface area contributed by atoms with E-state index in [1.807, 2.05) is 41.3 Å². The molecule has 0 fully saturated rings. The number of benzene rings is 2. The minimum absolute atomic E-state index is 0.155. The zero-order valence-corrected chi connectivity index (χ0v) is 14.0. The number of amides is 1. The summed E-state index contributed by atoms with van der Waals surface area (Å²) in [5, 5.41) is 0. The van der Waals surface area contributed by atoms with Gasteiger partial charge in [0, 0.05) is 18.2 Å². The minimum Gasteiger partial charge on any atom is -0.342 e. The smallest absolute Gasteiger partial charge is 0.231 e. The highest BCUT2D eigenvalue weighted by atomic mass is 16.2. The first-order valence-electron chi connectivity index (χ1n) is 8.53. The molecule has 2 heterocycles. The molecule has 2 aromatic carbocycles. The van der Waals surface area contributed by atoms with E-state index in [1.165, 1.54) is 5.56 Å². The number of hydrogen-bond donors (Lipinski definition) is 1. The van der Waals surface area contributed by atoms with Gasteiger partial charge in [-0.2, -0.15) is 0 Å². The van der Waals surface area contributed by atoms with Gasteiger partial charge in [-0.05, 0) is 42.7 Å². The van der Waals surface area contributed by atoms with Gasteiger partial charge in [0.2, 0.25) is 5.91 Å². The number of nitrogens with one attached hydrogen (secondary N) is 1. The number of nitrogens with zero attached hydrogens (tertiary/aromatic N) is 2. The van der Waals surface area contributed by atoms with Crippen molar-refractivity contribution >= 4 is 22.6 Å². The number of anilines is 1. The van der Waals surface area contributed by atoms with Crippen LogP contribution in [0.15, 0.2) is 42.5 Å². The van der Waals surface area contributed by atoms with Crippen LogP contribution in [0.5, 0.6) is 0 Å². The van der Waals surface area contributed by atoms with Crippen LogP contribution in [0.25, 0.3) is 11.0 Å². The average Bonchev–Trinajstić information content (AvgIpc) is 3.13. The van der Waals surface area contributed by atoms with Crippen molar-refractivity contribution in [2.24, 2.45) is 0 Å². The topological polar surface area (TPSA) is 49.0 Å². The zero-order valence-electron chi connectivity index (χ0n) is 14.0. The Kier molecular flexibility index (Phi) is 3.60. The summed E-state index contributed by atoms with van der Waals surface area (Å²) in [5.41, 5.74) is 5.31. The van der Waals surface area contributed by atoms with Crippen molar-refractivity contribution in [2.45, 2.75) is 39.2 Å². The Morgan fingerprint density at radius 3 is 2.96 bits per heavy atom. The molecule has 1 amide bonds. The SMILES string of the molecule is CCc1nc2ccc(CC(=O)N3c4ccccc4CC3C)cc2[nH]1. The third-order valence-corrected chi connectivity index (χ3v) is 4.76. The molecule has 24 heavy (non-hydrogen) atoms. The highest BCUT2D eigenvalue weighted by Crippen LogP contribution is 2.32. The molecule has 1 atom stereocenters. The number of para-hydroxylation sites is 1. The molecule has 4 rings (SSSR count). The number of rotatable bonds is 3. The van der Waals surface area contributed by atoms with Crippen molar-refractivity contribution in [3.8, 4) is 0 Å². The summed E-state index contributed by atoms with van der Waals surface area (Å²) in [5.74, 6) is 1.14. The number of hydrogen-bond acceptors (Lipinski definition) is 2. The molecule has 0 radical (unpaired) electrons. The lowest BCUT2D eigenvalue weighted by atomic mass is 10.1. The molecular formula is C20H21N3O. The normalized spacial score (nSPS) is 16.6. The predicted molar refractivity (Wildman–Crippen MR) is 96.3 cm³/mol.